The van der Waals surface area contributed by atoms with Gasteiger partial charge in [-0.1, -0.05) is 30.3 Å². The molecule has 180 valence electrons. The SMILES string of the molecule is COc1ccc(-n2nnnc2CC(=O)C(F)(F)F)cc1CN[C@H]1CCCN[C@H]1c1ccccc1. The minimum absolute atomic E-state index is 0.156. The van der Waals surface area contributed by atoms with E-state index in [1.807, 2.05) is 18.2 Å². The molecule has 0 aliphatic carbocycles. The molecule has 1 saturated heterocycles. The van der Waals surface area contributed by atoms with Gasteiger partial charge in [0.25, 0.3) is 0 Å². The quantitative estimate of drug-likeness (QED) is 0.519. The number of aromatic nitrogens is 4. The van der Waals surface area contributed by atoms with Crippen molar-refractivity contribution in [3.05, 3.63) is 65.5 Å². The zero-order chi connectivity index (χ0) is 24.1. The summed E-state index contributed by atoms with van der Waals surface area (Å²) >= 11 is 0. The number of carbonyl (C=O) groups excluding carboxylic acids is 1. The molecule has 1 fully saturated rings. The van der Waals surface area contributed by atoms with E-state index in [9.17, 15) is 18.0 Å². The third-order valence-electron chi connectivity index (χ3n) is 5.85. The van der Waals surface area contributed by atoms with Gasteiger partial charge >= 0.3 is 6.18 Å². The number of ketones is 1. The first-order valence-electron chi connectivity index (χ1n) is 10.9. The van der Waals surface area contributed by atoms with Gasteiger partial charge in [-0.25, -0.2) is 0 Å². The normalized spacial score (nSPS) is 18.6. The van der Waals surface area contributed by atoms with Crippen LogP contribution in [0.15, 0.2) is 48.5 Å². The van der Waals surface area contributed by atoms with Crippen LogP contribution in [0, 0.1) is 0 Å². The summed E-state index contributed by atoms with van der Waals surface area (Å²) < 4.78 is 44.8. The monoisotopic (exact) mass is 474 g/mol. The van der Waals surface area contributed by atoms with E-state index in [-0.39, 0.29) is 17.9 Å². The Labute approximate surface area is 194 Å². The molecule has 0 unspecified atom stereocenters. The predicted molar refractivity (Wildman–Crippen MR) is 118 cm³/mol. The third-order valence-corrected chi connectivity index (χ3v) is 5.85. The Morgan fingerprint density at radius 2 is 2.03 bits per heavy atom. The van der Waals surface area contributed by atoms with Crippen molar-refractivity contribution in [3.8, 4) is 11.4 Å². The average Bonchev–Trinajstić information content (AvgIpc) is 3.31. The minimum Gasteiger partial charge on any atom is -0.496 e. The number of Topliss-reactive ketones (excluding diaryl/α,β-unsaturated/α-hetero) is 1. The molecule has 1 aromatic heterocycles. The summed E-state index contributed by atoms with van der Waals surface area (Å²) in [4.78, 5) is 11.4. The number of hydrogen-bond donors (Lipinski definition) is 2. The van der Waals surface area contributed by atoms with Gasteiger partial charge in [0.2, 0.25) is 5.78 Å². The van der Waals surface area contributed by atoms with E-state index in [1.165, 1.54) is 5.56 Å². The van der Waals surface area contributed by atoms with Gasteiger partial charge in [-0.15, -0.1) is 5.10 Å². The standard InChI is InChI=1S/C23H25F3N6O2/c1-34-19-10-9-17(32-21(29-30-31-32)13-20(33)23(24,25)26)12-16(19)14-28-18-8-5-11-27-22(18)15-6-3-2-4-7-15/h2-4,6-7,9-10,12,18,22,27-28H,5,8,11,13-14H2,1H3/t18-,22-/m0/s1. The fourth-order valence-corrected chi connectivity index (χ4v) is 4.16. The van der Waals surface area contributed by atoms with Crippen molar-refractivity contribution in [1.29, 1.82) is 0 Å². The van der Waals surface area contributed by atoms with E-state index in [1.54, 1.807) is 25.3 Å². The molecule has 0 amide bonds. The van der Waals surface area contributed by atoms with Crippen LogP contribution >= 0.6 is 0 Å². The van der Waals surface area contributed by atoms with Gasteiger partial charge in [0.15, 0.2) is 5.82 Å². The van der Waals surface area contributed by atoms with Crippen LogP contribution < -0.4 is 15.4 Å². The number of rotatable bonds is 8. The van der Waals surface area contributed by atoms with Gasteiger partial charge in [-0.2, -0.15) is 17.9 Å². The van der Waals surface area contributed by atoms with E-state index in [0.29, 0.717) is 18.0 Å². The molecular weight excluding hydrogens is 449 g/mol. The first-order valence-corrected chi connectivity index (χ1v) is 10.9. The number of carbonyl (C=O) groups is 1. The van der Waals surface area contributed by atoms with Crippen LogP contribution in [0.2, 0.25) is 0 Å². The first-order chi connectivity index (χ1) is 16.4. The molecule has 8 nitrogen and oxygen atoms in total. The average molecular weight is 474 g/mol. The Bertz CT molecular complexity index is 1120. The van der Waals surface area contributed by atoms with Crippen LogP contribution in [0.1, 0.15) is 35.8 Å². The molecule has 1 aliphatic heterocycles. The van der Waals surface area contributed by atoms with Crippen LogP contribution in [-0.4, -0.2) is 51.9 Å². The maximum atomic E-state index is 12.7. The first kappa shape index (κ1) is 23.8. The molecule has 3 aromatic rings. The highest BCUT2D eigenvalue weighted by Gasteiger charge is 2.39. The van der Waals surface area contributed by atoms with E-state index in [2.05, 4.69) is 38.3 Å². The van der Waals surface area contributed by atoms with Crippen molar-refractivity contribution in [1.82, 2.24) is 30.8 Å². The minimum atomic E-state index is -4.95. The van der Waals surface area contributed by atoms with Crippen LogP contribution in [-0.2, 0) is 17.8 Å². The molecule has 2 atom stereocenters. The Morgan fingerprint density at radius 1 is 1.24 bits per heavy atom. The van der Waals surface area contributed by atoms with Gasteiger partial charge in [-0.05, 0) is 53.6 Å². The zero-order valence-corrected chi connectivity index (χ0v) is 18.5. The topological polar surface area (TPSA) is 94.0 Å². The Morgan fingerprint density at radius 3 is 2.76 bits per heavy atom. The maximum absolute atomic E-state index is 12.7. The summed E-state index contributed by atoms with van der Waals surface area (Å²) in [5, 5.41) is 18.0. The lowest BCUT2D eigenvalue weighted by atomic mass is 9.92. The van der Waals surface area contributed by atoms with Crippen LogP contribution in [0.5, 0.6) is 5.75 Å². The molecular formula is C23H25F3N6O2. The van der Waals surface area contributed by atoms with Gasteiger partial charge in [-0.3, -0.25) is 4.79 Å². The van der Waals surface area contributed by atoms with Crippen LogP contribution in [0.3, 0.4) is 0 Å². The van der Waals surface area contributed by atoms with Crippen molar-refractivity contribution in [2.24, 2.45) is 0 Å². The van der Waals surface area contributed by atoms with Gasteiger partial charge in [0.05, 0.1) is 19.2 Å². The molecule has 0 radical (unpaired) electrons. The van der Waals surface area contributed by atoms with Crippen LogP contribution in [0.25, 0.3) is 5.69 Å². The highest BCUT2D eigenvalue weighted by atomic mass is 19.4. The summed E-state index contributed by atoms with van der Waals surface area (Å²) in [6.45, 7) is 1.40. The fraction of sp³-hybridized carbons (Fsp3) is 0.391. The van der Waals surface area contributed by atoms with Crippen molar-refractivity contribution < 1.29 is 22.7 Å². The highest BCUT2D eigenvalue weighted by molar-refractivity contribution is 5.85. The highest BCUT2D eigenvalue weighted by Crippen LogP contribution is 2.27. The second-order valence-electron chi connectivity index (χ2n) is 8.07. The number of nitrogens with one attached hydrogen (secondary N) is 2. The van der Waals surface area contributed by atoms with Crippen molar-refractivity contribution >= 4 is 5.78 Å². The Balaban J connectivity index is 1.54. The van der Waals surface area contributed by atoms with Gasteiger partial charge in [0, 0.05) is 24.2 Å². The maximum Gasteiger partial charge on any atom is 0.450 e. The fourth-order valence-electron chi connectivity index (χ4n) is 4.16. The number of nitrogens with zero attached hydrogens (tertiary/aromatic N) is 4. The molecule has 0 saturated carbocycles. The third kappa shape index (κ3) is 5.42. The van der Waals surface area contributed by atoms with E-state index < -0.39 is 18.4 Å². The molecule has 2 heterocycles. The predicted octanol–water partition coefficient (Wildman–Crippen LogP) is 2.93. The zero-order valence-electron chi connectivity index (χ0n) is 18.5. The van der Waals surface area contributed by atoms with Gasteiger partial charge in [0.1, 0.15) is 5.75 Å². The lowest BCUT2D eigenvalue weighted by molar-refractivity contribution is -0.170. The number of hydrogen-bond acceptors (Lipinski definition) is 7. The molecule has 0 spiro atoms. The van der Waals surface area contributed by atoms with E-state index >= 15 is 0 Å². The van der Waals surface area contributed by atoms with Crippen LogP contribution in [0.4, 0.5) is 13.2 Å². The molecule has 2 N–H and O–H groups in total. The van der Waals surface area contributed by atoms with Gasteiger partial charge < -0.3 is 15.4 Å². The lowest BCUT2D eigenvalue weighted by Crippen LogP contribution is -2.45. The molecule has 0 bridgehead atoms. The smallest absolute Gasteiger partial charge is 0.450 e. The molecule has 2 aromatic carbocycles. The largest absolute Gasteiger partial charge is 0.496 e. The number of piperidine rings is 1. The molecule has 34 heavy (non-hydrogen) atoms. The Kier molecular flexibility index (Phi) is 7.23. The summed E-state index contributed by atoms with van der Waals surface area (Å²) in [5.74, 6) is -1.47. The second kappa shape index (κ2) is 10.3. The van der Waals surface area contributed by atoms with E-state index in [0.717, 1.165) is 29.6 Å². The molecule has 4 rings (SSSR count). The van der Waals surface area contributed by atoms with Crippen molar-refractivity contribution in [2.45, 2.75) is 44.1 Å². The summed E-state index contributed by atoms with van der Waals surface area (Å²) in [6.07, 6.45) is -3.86. The summed E-state index contributed by atoms with van der Waals surface area (Å²) in [6, 6.07) is 15.6. The molecule has 1 aliphatic rings. The summed E-state index contributed by atoms with van der Waals surface area (Å²) in [7, 11) is 1.55. The van der Waals surface area contributed by atoms with Crippen molar-refractivity contribution in [3.63, 3.8) is 0 Å². The summed E-state index contributed by atoms with van der Waals surface area (Å²) in [5.41, 5.74) is 2.43. The Hall–Kier alpha value is -3.31. The number of tetrazole rings is 1. The number of ether oxygens (including phenoxy) is 1. The molecule has 11 heteroatoms. The number of halogens is 3. The number of alkyl halides is 3. The number of benzene rings is 2. The van der Waals surface area contributed by atoms with E-state index in [4.69, 9.17) is 4.74 Å². The second-order valence-corrected chi connectivity index (χ2v) is 8.07. The van der Waals surface area contributed by atoms with Crippen molar-refractivity contribution in [2.75, 3.05) is 13.7 Å². The number of methoxy groups -OCH3 is 1. The lowest BCUT2D eigenvalue weighted by Gasteiger charge is -2.34.